The zero-order valence-corrected chi connectivity index (χ0v) is 23.5. The van der Waals surface area contributed by atoms with E-state index < -0.39 is 28.5 Å². The molecule has 9 heteroatoms. The number of nitrogens with zero attached hydrogens (tertiary/aromatic N) is 2. The summed E-state index contributed by atoms with van der Waals surface area (Å²) in [5, 5.41) is 2.58. The molecule has 1 N–H and O–H groups in total. The topological polar surface area (TPSA) is 96.0 Å². The molecule has 3 rings (SSSR count). The molecule has 0 radical (unpaired) electrons. The van der Waals surface area contributed by atoms with Crippen molar-refractivity contribution < 1.29 is 22.7 Å². The Morgan fingerprint density at radius 3 is 2.13 bits per heavy atom. The summed E-state index contributed by atoms with van der Waals surface area (Å²) in [6.45, 7) is 6.85. The molecule has 0 saturated heterocycles. The van der Waals surface area contributed by atoms with E-state index in [1.165, 1.54) is 24.1 Å². The molecule has 0 aliphatic heterocycles. The first-order valence-electron chi connectivity index (χ1n) is 12.3. The van der Waals surface area contributed by atoms with E-state index in [1.807, 2.05) is 32.9 Å². The Labute approximate surface area is 225 Å². The van der Waals surface area contributed by atoms with E-state index in [2.05, 4.69) is 5.32 Å². The van der Waals surface area contributed by atoms with Crippen LogP contribution < -0.4 is 14.4 Å². The predicted octanol–water partition coefficient (Wildman–Crippen LogP) is 3.98. The number of sulfonamides is 1. The molecule has 0 heterocycles. The Bertz CT molecular complexity index is 1380. The van der Waals surface area contributed by atoms with Crippen LogP contribution in [0.4, 0.5) is 5.69 Å². The maximum atomic E-state index is 13.9. The molecule has 2 amide bonds. The number of carbonyl (C=O) groups excluding carboxylic acids is 2. The lowest BCUT2D eigenvalue weighted by Crippen LogP contribution is -2.50. The van der Waals surface area contributed by atoms with Crippen molar-refractivity contribution in [3.63, 3.8) is 0 Å². The third kappa shape index (κ3) is 6.72. The first-order chi connectivity index (χ1) is 18.0. The standard InChI is InChI=1S/C29H35N3O5S/c1-20-10-12-27(13-11-20)38(35,36)32(25-15-21(2)14-22(3)16-25)19-28(33)31(23(4)29(34)30-5)18-24-8-7-9-26(17-24)37-6/h7-17,23H,18-19H2,1-6H3,(H,30,34). The Morgan fingerprint density at radius 2 is 1.55 bits per heavy atom. The molecule has 8 nitrogen and oxygen atoms in total. The van der Waals surface area contributed by atoms with Crippen LogP contribution in [0.5, 0.6) is 5.75 Å². The summed E-state index contributed by atoms with van der Waals surface area (Å²) in [6.07, 6.45) is 0. The lowest BCUT2D eigenvalue weighted by Gasteiger charge is -2.32. The minimum atomic E-state index is -4.10. The lowest BCUT2D eigenvalue weighted by molar-refractivity contribution is -0.139. The Morgan fingerprint density at radius 1 is 0.921 bits per heavy atom. The molecule has 1 unspecified atom stereocenters. The second-order valence-electron chi connectivity index (χ2n) is 9.33. The van der Waals surface area contributed by atoms with E-state index in [4.69, 9.17) is 4.74 Å². The highest BCUT2D eigenvalue weighted by Crippen LogP contribution is 2.27. The van der Waals surface area contributed by atoms with Crippen LogP contribution >= 0.6 is 0 Å². The number of amides is 2. The van der Waals surface area contributed by atoms with Gasteiger partial charge in [0.2, 0.25) is 11.8 Å². The second-order valence-corrected chi connectivity index (χ2v) is 11.2. The van der Waals surface area contributed by atoms with Crippen molar-refractivity contribution in [2.24, 2.45) is 0 Å². The molecule has 0 spiro atoms. The number of ether oxygens (including phenoxy) is 1. The molecule has 0 saturated carbocycles. The van der Waals surface area contributed by atoms with Crippen molar-refractivity contribution in [1.82, 2.24) is 10.2 Å². The van der Waals surface area contributed by atoms with Crippen molar-refractivity contribution in [1.29, 1.82) is 0 Å². The van der Waals surface area contributed by atoms with Crippen LogP contribution in [0.3, 0.4) is 0 Å². The van der Waals surface area contributed by atoms with Crippen LogP contribution in [0.2, 0.25) is 0 Å². The van der Waals surface area contributed by atoms with Crippen molar-refractivity contribution in [3.8, 4) is 5.75 Å². The number of hydrogen-bond donors (Lipinski definition) is 1. The van der Waals surface area contributed by atoms with E-state index in [-0.39, 0.29) is 17.3 Å². The average Bonchev–Trinajstić information content (AvgIpc) is 2.89. The van der Waals surface area contributed by atoms with Gasteiger partial charge in [0.15, 0.2) is 0 Å². The second kappa shape index (κ2) is 12.1. The number of rotatable bonds is 10. The molecule has 202 valence electrons. The van der Waals surface area contributed by atoms with Crippen molar-refractivity contribution in [2.75, 3.05) is 25.0 Å². The minimum Gasteiger partial charge on any atom is -0.497 e. The predicted molar refractivity (Wildman–Crippen MR) is 149 cm³/mol. The van der Waals surface area contributed by atoms with Gasteiger partial charge in [-0.15, -0.1) is 0 Å². The number of hydrogen-bond acceptors (Lipinski definition) is 5. The number of likely N-dealkylation sites (N-methyl/N-ethyl adjacent to an activating group) is 1. The summed E-state index contributed by atoms with van der Waals surface area (Å²) in [7, 11) is -1.06. The van der Waals surface area contributed by atoms with Crippen LogP contribution in [-0.2, 0) is 26.2 Å². The summed E-state index contributed by atoms with van der Waals surface area (Å²) < 4.78 is 34.2. The lowest BCUT2D eigenvalue weighted by atomic mass is 10.1. The van der Waals surface area contributed by atoms with Crippen LogP contribution in [0, 0.1) is 20.8 Å². The number of methoxy groups -OCH3 is 1. The van der Waals surface area contributed by atoms with Gasteiger partial charge in [-0.05, 0) is 80.8 Å². The Hall–Kier alpha value is -3.85. The molecular weight excluding hydrogens is 502 g/mol. The molecule has 3 aromatic rings. The fourth-order valence-electron chi connectivity index (χ4n) is 4.22. The van der Waals surface area contributed by atoms with Gasteiger partial charge in [0.1, 0.15) is 18.3 Å². The van der Waals surface area contributed by atoms with E-state index in [0.29, 0.717) is 11.4 Å². The summed E-state index contributed by atoms with van der Waals surface area (Å²) >= 11 is 0. The first-order valence-corrected chi connectivity index (χ1v) is 13.7. The summed E-state index contributed by atoms with van der Waals surface area (Å²) in [5.41, 5.74) is 3.77. The molecule has 0 bridgehead atoms. The van der Waals surface area contributed by atoms with Crippen molar-refractivity contribution in [3.05, 3.63) is 89.0 Å². The number of benzene rings is 3. The van der Waals surface area contributed by atoms with Crippen molar-refractivity contribution in [2.45, 2.75) is 45.2 Å². The number of carbonyl (C=O) groups is 2. The Kier molecular flexibility index (Phi) is 9.17. The van der Waals surface area contributed by atoms with Gasteiger partial charge >= 0.3 is 0 Å². The van der Waals surface area contributed by atoms with Gasteiger partial charge in [-0.1, -0.05) is 35.9 Å². The molecular formula is C29H35N3O5S. The van der Waals surface area contributed by atoms with Crippen LogP contribution in [-0.4, -0.2) is 51.9 Å². The van der Waals surface area contributed by atoms with Crippen LogP contribution in [0.15, 0.2) is 71.6 Å². The van der Waals surface area contributed by atoms with Gasteiger partial charge in [0.05, 0.1) is 17.7 Å². The number of anilines is 1. The minimum absolute atomic E-state index is 0.0776. The smallest absolute Gasteiger partial charge is 0.264 e. The highest BCUT2D eigenvalue weighted by molar-refractivity contribution is 7.92. The zero-order valence-electron chi connectivity index (χ0n) is 22.7. The number of nitrogens with one attached hydrogen (secondary N) is 1. The molecule has 0 fully saturated rings. The number of aryl methyl sites for hydroxylation is 3. The quantitative estimate of drug-likeness (QED) is 0.422. The average molecular weight is 538 g/mol. The summed E-state index contributed by atoms with van der Waals surface area (Å²) in [6, 6.07) is 18.3. The van der Waals surface area contributed by atoms with E-state index in [0.717, 1.165) is 26.6 Å². The summed E-state index contributed by atoms with van der Waals surface area (Å²) in [5.74, 6) is -0.263. The first kappa shape index (κ1) is 28.7. The molecule has 0 aliphatic carbocycles. The third-order valence-electron chi connectivity index (χ3n) is 6.28. The highest BCUT2D eigenvalue weighted by Gasteiger charge is 2.32. The van der Waals surface area contributed by atoms with E-state index in [1.54, 1.807) is 56.5 Å². The maximum absolute atomic E-state index is 13.9. The largest absolute Gasteiger partial charge is 0.497 e. The molecule has 38 heavy (non-hydrogen) atoms. The fraction of sp³-hybridized carbons (Fsp3) is 0.310. The zero-order chi connectivity index (χ0) is 28.0. The van der Waals surface area contributed by atoms with Gasteiger partial charge in [0, 0.05) is 13.6 Å². The van der Waals surface area contributed by atoms with Gasteiger partial charge in [-0.3, -0.25) is 13.9 Å². The van der Waals surface area contributed by atoms with E-state index >= 15 is 0 Å². The summed E-state index contributed by atoms with van der Waals surface area (Å²) in [4.78, 5) is 27.9. The normalized spacial score (nSPS) is 11.9. The van der Waals surface area contributed by atoms with Gasteiger partial charge in [-0.25, -0.2) is 8.42 Å². The van der Waals surface area contributed by atoms with Crippen LogP contribution in [0.1, 0.15) is 29.2 Å². The Balaban J connectivity index is 2.07. The molecule has 1 atom stereocenters. The van der Waals surface area contributed by atoms with Gasteiger partial charge < -0.3 is 15.0 Å². The molecule has 0 aliphatic rings. The fourth-order valence-corrected chi connectivity index (χ4v) is 5.62. The highest BCUT2D eigenvalue weighted by atomic mass is 32.2. The third-order valence-corrected chi connectivity index (χ3v) is 8.07. The monoisotopic (exact) mass is 537 g/mol. The maximum Gasteiger partial charge on any atom is 0.264 e. The van der Waals surface area contributed by atoms with Gasteiger partial charge in [-0.2, -0.15) is 0 Å². The molecule has 3 aromatic carbocycles. The SMILES string of the molecule is CNC(=O)C(C)N(Cc1cccc(OC)c1)C(=O)CN(c1cc(C)cc(C)c1)S(=O)(=O)c1ccc(C)cc1. The van der Waals surface area contributed by atoms with Crippen LogP contribution in [0.25, 0.3) is 0 Å². The van der Waals surface area contributed by atoms with Gasteiger partial charge in [0.25, 0.3) is 10.0 Å². The van der Waals surface area contributed by atoms with Crippen molar-refractivity contribution >= 4 is 27.5 Å². The molecule has 0 aromatic heterocycles. The van der Waals surface area contributed by atoms with E-state index in [9.17, 15) is 18.0 Å².